The molecule has 0 N–H and O–H groups in total. The summed E-state index contributed by atoms with van der Waals surface area (Å²) in [6, 6.07) is 0. The standard InChI is InChI=1S/C11H18N2O2S/c1-5-15-9(14)8-11(2,13(3)4)10-12-6-7-16-10/h6-7H,5,8H2,1-4H3. The molecule has 0 bridgehead atoms. The van der Waals surface area contributed by atoms with Crippen molar-refractivity contribution in [3.63, 3.8) is 0 Å². The van der Waals surface area contributed by atoms with E-state index in [1.165, 1.54) is 0 Å². The summed E-state index contributed by atoms with van der Waals surface area (Å²) in [7, 11) is 3.89. The first-order valence-corrected chi connectivity index (χ1v) is 6.11. The van der Waals surface area contributed by atoms with E-state index in [9.17, 15) is 4.79 Å². The zero-order valence-electron chi connectivity index (χ0n) is 10.2. The molecule has 0 aliphatic rings. The Labute approximate surface area is 100 Å². The molecular formula is C11H18N2O2S. The summed E-state index contributed by atoms with van der Waals surface area (Å²) in [6.45, 7) is 4.23. The summed E-state index contributed by atoms with van der Waals surface area (Å²) >= 11 is 1.56. The molecule has 0 aromatic carbocycles. The third kappa shape index (κ3) is 2.80. The molecule has 0 amide bonds. The number of nitrogens with zero attached hydrogens (tertiary/aromatic N) is 2. The fourth-order valence-electron chi connectivity index (χ4n) is 1.41. The number of hydrogen-bond donors (Lipinski definition) is 0. The van der Waals surface area contributed by atoms with Gasteiger partial charge in [0.15, 0.2) is 0 Å². The van der Waals surface area contributed by atoms with Crippen molar-refractivity contribution in [2.24, 2.45) is 0 Å². The third-order valence-electron chi connectivity index (χ3n) is 2.67. The van der Waals surface area contributed by atoms with Crippen molar-refractivity contribution >= 4 is 17.3 Å². The molecule has 0 aliphatic carbocycles. The van der Waals surface area contributed by atoms with Crippen LogP contribution >= 0.6 is 11.3 Å². The number of aromatic nitrogens is 1. The van der Waals surface area contributed by atoms with Crippen LogP contribution in [0.15, 0.2) is 11.6 Å². The van der Waals surface area contributed by atoms with E-state index in [-0.39, 0.29) is 11.5 Å². The van der Waals surface area contributed by atoms with Gasteiger partial charge >= 0.3 is 5.97 Å². The Balaban J connectivity index is 2.86. The van der Waals surface area contributed by atoms with Gasteiger partial charge in [-0.05, 0) is 27.9 Å². The molecule has 1 aromatic heterocycles. The molecule has 4 nitrogen and oxygen atoms in total. The van der Waals surface area contributed by atoms with Crippen LogP contribution in [-0.2, 0) is 15.1 Å². The first-order chi connectivity index (χ1) is 7.50. The second kappa shape index (κ2) is 5.41. The fourth-order valence-corrected chi connectivity index (χ4v) is 2.29. The molecule has 1 heterocycles. The Kier molecular flexibility index (Phi) is 4.44. The molecule has 0 fully saturated rings. The summed E-state index contributed by atoms with van der Waals surface area (Å²) in [6.07, 6.45) is 2.08. The van der Waals surface area contributed by atoms with E-state index < -0.39 is 0 Å². The summed E-state index contributed by atoms with van der Waals surface area (Å²) in [5.41, 5.74) is -0.388. The molecule has 1 rings (SSSR count). The average molecular weight is 242 g/mol. The van der Waals surface area contributed by atoms with Gasteiger partial charge in [-0.3, -0.25) is 9.69 Å². The molecule has 0 radical (unpaired) electrons. The second-order valence-electron chi connectivity index (χ2n) is 3.99. The number of carbonyl (C=O) groups is 1. The van der Waals surface area contributed by atoms with Gasteiger partial charge in [-0.25, -0.2) is 4.98 Å². The quantitative estimate of drug-likeness (QED) is 0.739. The van der Waals surface area contributed by atoms with Crippen LogP contribution in [0.1, 0.15) is 25.3 Å². The molecule has 1 unspecified atom stereocenters. The van der Waals surface area contributed by atoms with Gasteiger partial charge in [-0.1, -0.05) is 0 Å². The van der Waals surface area contributed by atoms with Gasteiger partial charge in [-0.15, -0.1) is 11.3 Å². The van der Waals surface area contributed by atoms with E-state index in [0.717, 1.165) is 5.01 Å². The van der Waals surface area contributed by atoms with Crippen LogP contribution in [0.2, 0.25) is 0 Å². The van der Waals surface area contributed by atoms with Crippen molar-refractivity contribution in [3.8, 4) is 0 Å². The first-order valence-electron chi connectivity index (χ1n) is 5.23. The van der Waals surface area contributed by atoms with Crippen molar-refractivity contribution in [2.75, 3.05) is 20.7 Å². The lowest BCUT2D eigenvalue weighted by Crippen LogP contribution is -2.40. The number of esters is 1. The summed E-state index contributed by atoms with van der Waals surface area (Å²) in [5.74, 6) is -0.186. The predicted molar refractivity (Wildman–Crippen MR) is 64.4 cm³/mol. The Morgan fingerprint density at radius 3 is 2.75 bits per heavy atom. The maximum Gasteiger partial charge on any atom is 0.308 e. The minimum atomic E-state index is -0.388. The molecular weight excluding hydrogens is 224 g/mol. The lowest BCUT2D eigenvalue weighted by Gasteiger charge is -2.33. The fraction of sp³-hybridized carbons (Fsp3) is 0.636. The molecule has 90 valence electrons. The predicted octanol–water partition coefficient (Wildman–Crippen LogP) is 1.87. The Hall–Kier alpha value is -0.940. The maximum atomic E-state index is 11.6. The van der Waals surface area contributed by atoms with Crippen LogP contribution in [0, 0.1) is 0 Å². The highest BCUT2D eigenvalue weighted by atomic mass is 32.1. The first kappa shape index (κ1) is 13.1. The van der Waals surface area contributed by atoms with Crippen LogP contribution in [0.3, 0.4) is 0 Å². The number of rotatable bonds is 5. The van der Waals surface area contributed by atoms with Crippen molar-refractivity contribution in [1.29, 1.82) is 0 Å². The van der Waals surface area contributed by atoms with Crippen LogP contribution in [0.5, 0.6) is 0 Å². The Bertz CT molecular complexity index is 338. The Morgan fingerprint density at radius 1 is 1.62 bits per heavy atom. The zero-order valence-corrected chi connectivity index (χ0v) is 11.0. The minimum absolute atomic E-state index is 0.186. The van der Waals surface area contributed by atoms with E-state index in [4.69, 9.17) is 4.74 Å². The largest absolute Gasteiger partial charge is 0.466 e. The van der Waals surface area contributed by atoms with E-state index in [1.54, 1.807) is 17.5 Å². The van der Waals surface area contributed by atoms with Crippen LogP contribution in [0.25, 0.3) is 0 Å². The monoisotopic (exact) mass is 242 g/mol. The molecule has 1 atom stereocenters. The van der Waals surface area contributed by atoms with Crippen LogP contribution in [0.4, 0.5) is 0 Å². The van der Waals surface area contributed by atoms with E-state index in [0.29, 0.717) is 13.0 Å². The molecule has 5 heteroatoms. The van der Waals surface area contributed by atoms with Crippen molar-refractivity contribution in [2.45, 2.75) is 25.8 Å². The average Bonchev–Trinajstić information content (AvgIpc) is 2.70. The molecule has 1 aromatic rings. The number of ether oxygens (including phenoxy) is 1. The van der Waals surface area contributed by atoms with Gasteiger partial charge in [0.1, 0.15) is 5.01 Å². The normalized spacial score (nSPS) is 14.8. The third-order valence-corrected chi connectivity index (χ3v) is 3.70. The highest BCUT2D eigenvalue weighted by Crippen LogP contribution is 2.31. The van der Waals surface area contributed by atoms with Gasteiger partial charge in [0.05, 0.1) is 18.6 Å². The molecule has 0 saturated carbocycles. The zero-order chi connectivity index (χ0) is 12.2. The highest BCUT2D eigenvalue weighted by Gasteiger charge is 2.34. The van der Waals surface area contributed by atoms with Crippen molar-refractivity contribution in [3.05, 3.63) is 16.6 Å². The number of thiazole rings is 1. The van der Waals surface area contributed by atoms with Crippen molar-refractivity contribution < 1.29 is 9.53 Å². The molecule has 0 spiro atoms. The van der Waals surface area contributed by atoms with E-state index in [2.05, 4.69) is 4.98 Å². The molecule has 0 aliphatic heterocycles. The van der Waals surface area contributed by atoms with E-state index in [1.807, 2.05) is 38.2 Å². The van der Waals surface area contributed by atoms with Gasteiger partial charge in [0.25, 0.3) is 0 Å². The summed E-state index contributed by atoms with van der Waals surface area (Å²) < 4.78 is 5.00. The van der Waals surface area contributed by atoms with Gasteiger partial charge in [-0.2, -0.15) is 0 Å². The Morgan fingerprint density at radius 2 is 2.31 bits per heavy atom. The van der Waals surface area contributed by atoms with Crippen LogP contribution in [-0.4, -0.2) is 36.6 Å². The number of carbonyl (C=O) groups excluding carboxylic acids is 1. The van der Waals surface area contributed by atoms with Gasteiger partial charge in [0, 0.05) is 11.6 Å². The smallest absolute Gasteiger partial charge is 0.308 e. The second-order valence-corrected chi connectivity index (χ2v) is 4.88. The molecule has 0 saturated heterocycles. The SMILES string of the molecule is CCOC(=O)CC(C)(c1nccs1)N(C)C. The lowest BCUT2D eigenvalue weighted by atomic mass is 9.97. The minimum Gasteiger partial charge on any atom is -0.466 e. The maximum absolute atomic E-state index is 11.6. The molecule has 16 heavy (non-hydrogen) atoms. The van der Waals surface area contributed by atoms with E-state index >= 15 is 0 Å². The lowest BCUT2D eigenvalue weighted by molar-refractivity contribution is -0.146. The highest BCUT2D eigenvalue weighted by molar-refractivity contribution is 7.09. The summed E-state index contributed by atoms with van der Waals surface area (Å²) in [4.78, 5) is 17.9. The van der Waals surface area contributed by atoms with Crippen LogP contribution < -0.4 is 0 Å². The number of hydrogen-bond acceptors (Lipinski definition) is 5. The summed E-state index contributed by atoms with van der Waals surface area (Å²) in [5, 5.41) is 2.85. The van der Waals surface area contributed by atoms with Gasteiger partial charge in [0.2, 0.25) is 0 Å². The topological polar surface area (TPSA) is 42.4 Å². The van der Waals surface area contributed by atoms with Gasteiger partial charge < -0.3 is 4.74 Å². The van der Waals surface area contributed by atoms with Crippen molar-refractivity contribution in [1.82, 2.24) is 9.88 Å².